The van der Waals surface area contributed by atoms with Crippen LogP contribution in [0.1, 0.15) is 68.5 Å². The van der Waals surface area contributed by atoms with E-state index in [9.17, 15) is 14.4 Å². The molecule has 1 atom stereocenters. The fourth-order valence-electron chi connectivity index (χ4n) is 3.41. The van der Waals surface area contributed by atoms with Gasteiger partial charge in [0.15, 0.2) is 5.78 Å². The van der Waals surface area contributed by atoms with Gasteiger partial charge in [0.05, 0.1) is 17.5 Å². The lowest BCUT2D eigenvalue weighted by molar-refractivity contribution is 0.0519. The number of rotatable bonds is 8. The van der Waals surface area contributed by atoms with Crippen molar-refractivity contribution in [3.8, 4) is 0 Å². The van der Waals surface area contributed by atoms with Gasteiger partial charge in [0.1, 0.15) is 5.69 Å². The number of nitrogens with zero attached hydrogens (tertiary/aromatic N) is 1. The number of hydrogen-bond donors (Lipinski definition) is 1. The van der Waals surface area contributed by atoms with Crippen LogP contribution in [0.5, 0.6) is 0 Å². The Balaban J connectivity index is 1.89. The number of aromatic nitrogens is 1. The second-order valence-electron chi connectivity index (χ2n) is 7.26. The molecule has 2 aromatic rings. The maximum atomic E-state index is 13.3. The number of aromatic amines is 1. The van der Waals surface area contributed by atoms with Gasteiger partial charge in [-0.15, -0.1) is 11.3 Å². The van der Waals surface area contributed by atoms with Crippen molar-refractivity contribution in [2.45, 2.75) is 46.6 Å². The molecule has 0 spiro atoms. The molecule has 1 aliphatic rings. The number of amides is 1. The third kappa shape index (κ3) is 4.04. The van der Waals surface area contributed by atoms with Crippen molar-refractivity contribution in [2.75, 3.05) is 13.2 Å². The lowest BCUT2D eigenvalue weighted by Gasteiger charge is -2.28. The van der Waals surface area contributed by atoms with E-state index in [1.165, 1.54) is 11.3 Å². The van der Waals surface area contributed by atoms with Gasteiger partial charge in [0.2, 0.25) is 0 Å². The summed E-state index contributed by atoms with van der Waals surface area (Å²) < 4.78 is 5.07. The summed E-state index contributed by atoms with van der Waals surface area (Å²) >= 11 is 1.38. The number of hydrogen-bond acceptors (Lipinski definition) is 5. The van der Waals surface area contributed by atoms with E-state index < -0.39 is 12.0 Å². The zero-order valence-corrected chi connectivity index (χ0v) is 17.5. The van der Waals surface area contributed by atoms with Crippen molar-refractivity contribution in [3.05, 3.63) is 44.9 Å². The normalized spacial score (nSPS) is 14.6. The Kier molecular flexibility index (Phi) is 6.03. The van der Waals surface area contributed by atoms with Crippen molar-refractivity contribution in [1.29, 1.82) is 0 Å². The second-order valence-corrected chi connectivity index (χ2v) is 8.21. The van der Waals surface area contributed by atoms with Gasteiger partial charge < -0.3 is 14.6 Å². The highest BCUT2D eigenvalue weighted by atomic mass is 32.1. The SMILES string of the molecule is CCOC(=O)c1[nH]c(C)c(C(=O)[C@H](C)N(CC2CC2)C(=O)c2cccs2)c1C. The topological polar surface area (TPSA) is 79.5 Å². The largest absolute Gasteiger partial charge is 0.461 e. The standard InChI is InChI=1S/C21H26N2O4S/c1-5-27-21(26)18-12(2)17(13(3)22-18)19(24)14(4)23(11-15-8-9-15)20(25)16-7-6-10-28-16/h6-7,10,14-15,22H,5,8-9,11H2,1-4H3/t14-/m0/s1. The molecule has 1 aliphatic carbocycles. The van der Waals surface area contributed by atoms with Crippen LogP contribution in [0.25, 0.3) is 0 Å². The summed E-state index contributed by atoms with van der Waals surface area (Å²) in [5.74, 6) is -0.284. The summed E-state index contributed by atoms with van der Waals surface area (Å²) in [6.45, 7) is 7.86. The number of esters is 1. The maximum absolute atomic E-state index is 13.3. The Morgan fingerprint density at radius 3 is 2.61 bits per heavy atom. The summed E-state index contributed by atoms with van der Waals surface area (Å²) in [6.07, 6.45) is 2.18. The zero-order chi connectivity index (χ0) is 20.4. The van der Waals surface area contributed by atoms with Crippen molar-refractivity contribution in [1.82, 2.24) is 9.88 Å². The van der Waals surface area contributed by atoms with Crippen LogP contribution in [0.2, 0.25) is 0 Å². The van der Waals surface area contributed by atoms with Gasteiger partial charge in [0, 0.05) is 17.8 Å². The van der Waals surface area contributed by atoms with Crippen LogP contribution >= 0.6 is 11.3 Å². The van der Waals surface area contributed by atoms with Crippen LogP contribution in [-0.4, -0.2) is 46.7 Å². The lowest BCUT2D eigenvalue weighted by Crippen LogP contribution is -2.44. The van der Waals surface area contributed by atoms with Gasteiger partial charge in [-0.25, -0.2) is 4.79 Å². The smallest absolute Gasteiger partial charge is 0.355 e. The summed E-state index contributed by atoms with van der Waals surface area (Å²) in [5.41, 5.74) is 1.96. The van der Waals surface area contributed by atoms with E-state index in [2.05, 4.69) is 4.98 Å². The van der Waals surface area contributed by atoms with Gasteiger partial charge in [0.25, 0.3) is 5.91 Å². The quantitative estimate of drug-likeness (QED) is 0.535. The van der Waals surface area contributed by atoms with Crippen LogP contribution < -0.4 is 0 Å². The van der Waals surface area contributed by atoms with E-state index in [1.807, 2.05) is 11.4 Å². The molecular formula is C21H26N2O4S. The van der Waals surface area contributed by atoms with Gasteiger partial charge in [-0.05, 0) is 63.5 Å². The Morgan fingerprint density at radius 1 is 1.32 bits per heavy atom. The molecule has 150 valence electrons. The van der Waals surface area contributed by atoms with E-state index >= 15 is 0 Å². The summed E-state index contributed by atoms with van der Waals surface area (Å²) in [7, 11) is 0. The molecule has 6 nitrogen and oxygen atoms in total. The molecular weight excluding hydrogens is 376 g/mol. The minimum absolute atomic E-state index is 0.112. The van der Waals surface area contributed by atoms with E-state index in [0.29, 0.717) is 39.9 Å². The summed E-state index contributed by atoms with van der Waals surface area (Å²) in [6, 6.07) is 3.01. The first kappa shape index (κ1) is 20.3. The Morgan fingerprint density at radius 2 is 2.04 bits per heavy atom. The van der Waals surface area contributed by atoms with Crippen molar-refractivity contribution in [2.24, 2.45) is 5.92 Å². The molecule has 1 N–H and O–H groups in total. The Labute approximate surface area is 168 Å². The molecule has 0 radical (unpaired) electrons. The highest BCUT2D eigenvalue weighted by Gasteiger charge is 2.35. The molecule has 1 amide bonds. The van der Waals surface area contributed by atoms with Crippen molar-refractivity contribution >= 4 is 29.0 Å². The third-order valence-electron chi connectivity index (χ3n) is 5.16. The van der Waals surface area contributed by atoms with Crippen molar-refractivity contribution in [3.63, 3.8) is 0 Å². The predicted octanol–water partition coefficient (Wildman–Crippen LogP) is 3.99. The van der Waals surface area contributed by atoms with Crippen LogP contribution in [-0.2, 0) is 4.74 Å². The number of ketones is 1. The molecule has 0 aromatic carbocycles. The van der Waals surface area contributed by atoms with Crippen LogP contribution in [0.15, 0.2) is 17.5 Å². The van der Waals surface area contributed by atoms with Gasteiger partial charge in [-0.2, -0.15) is 0 Å². The molecule has 0 unspecified atom stereocenters. The summed E-state index contributed by atoms with van der Waals surface area (Å²) in [4.78, 5) is 43.8. The molecule has 2 heterocycles. The van der Waals surface area contributed by atoms with Gasteiger partial charge >= 0.3 is 5.97 Å². The molecule has 0 aliphatic heterocycles. The first-order valence-corrected chi connectivity index (χ1v) is 10.5. The monoisotopic (exact) mass is 402 g/mol. The van der Waals surface area contributed by atoms with Crippen LogP contribution in [0, 0.1) is 19.8 Å². The molecule has 1 fully saturated rings. The number of aryl methyl sites for hydroxylation is 1. The highest BCUT2D eigenvalue weighted by molar-refractivity contribution is 7.12. The second kappa shape index (κ2) is 8.31. The highest BCUT2D eigenvalue weighted by Crippen LogP contribution is 2.32. The number of ether oxygens (including phenoxy) is 1. The molecule has 28 heavy (non-hydrogen) atoms. The minimum Gasteiger partial charge on any atom is -0.461 e. The van der Waals surface area contributed by atoms with E-state index in [4.69, 9.17) is 4.74 Å². The zero-order valence-electron chi connectivity index (χ0n) is 16.7. The number of nitrogens with one attached hydrogen (secondary N) is 1. The number of carbonyl (C=O) groups is 3. The fraction of sp³-hybridized carbons (Fsp3) is 0.476. The van der Waals surface area contributed by atoms with E-state index in [1.54, 1.807) is 38.7 Å². The number of Topliss-reactive ketones (excluding diaryl/α,β-unsaturated/α-hetero) is 1. The van der Waals surface area contributed by atoms with E-state index in [0.717, 1.165) is 12.8 Å². The van der Waals surface area contributed by atoms with Gasteiger partial charge in [-0.3, -0.25) is 9.59 Å². The molecule has 3 rings (SSSR count). The number of H-pyrrole nitrogens is 1. The molecule has 0 bridgehead atoms. The number of carbonyl (C=O) groups excluding carboxylic acids is 3. The van der Waals surface area contributed by atoms with Crippen molar-refractivity contribution < 1.29 is 19.1 Å². The Bertz CT molecular complexity index is 881. The Hall–Kier alpha value is -2.41. The summed E-state index contributed by atoms with van der Waals surface area (Å²) in [5, 5.41) is 1.86. The predicted molar refractivity (Wildman–Crippen MR) is 108 cm³/mol. The molecule has 7 heteroatoms. The fourth-order valence-corrected chi connectivity index (χ4v) is 4.09. The van der Waals surface area contributed by atoms with E-state index in [-0.39, 0.29) is 18.3 Å². The molecule has 0 saturated heterocycles. The minimum atomic E-state index is -0.613. The first-order valence-electron chi connectivity index (χ1n) is 9.60. The molecule has 2 aromatic heterocycles. The van der Waals surface area contributed by atoms with Crippen LogP contribution in [0.4, 0.5) is 0 Å². The maximum Gasteiger partial charge on any atom is 0.355 e. The third-order valence-corrected chi connectivity index (χ3v) is 6.01. The van der Waals surface area contributed by atoms with Gasteiger partial charge in [-0.1, -0.05) is 6.07 Å². The first-order chi connectivity index (χ1) is 13.3. The molecule has 1 saturated carbocycles. The van der Waals surface area contributed by atoms with Crippen LogP contribution in [0.3, 0.4) is 0 Å². The average Bonchev–Trinajstić information content (AvgIpc) is 3.21. The average molecular weight is 403 g/mol. The lowest BCUT2D eigenvalue weighted by atomic mass is 9.99. The number of thiophene rings is 1.